The average molecular weight is 672 g/mol. The number of carbonyl (C=O) groups is 3. The van der Waals surface area contributed by atoms with E-state index in [-0.39, 0.29) is 24.7 Å². The summed E-state index contributed by atoms with van der Waals surface area (Å²) in [6, 6.07) is 9.47. The highest BCUT2D eigenvalue weighted by Gasteiger charge is 2.55. The Labute approximate surface area is 269 Å². The Hall–Kier alpha value is -5.01. The van der Waals surface area contributed by atoms with Crippen molar-refractivity contribution in [3.8, 4) is 5.75 Å². The average Bonchev–Trinajstić information content (AvgIpc) is 3.74. The van der Waals surface area contributed by atoms with E-state index in [1.165, 1.54) is 22.9 Å². The van der Waals surface area contributed by atoms with Gasteiger partial charge in [-0.3, -0.25) is 14.5 Å². The number of amides is 2. The molecule has 0 aliphatic carbocycles. The van der Waals surface area contributed by atoms with Crippen molar-refractivity contribution in [2.75, 3.05) is 25.5 Å². The highest BCUT2D eigenvalue weighted by molar-refractivity contribution is 8.01. The third-order valence-corrected chi connectivity index (χ3v) is 9.12. The zero-order valence-corrected chi connectivity index (χ0v) is 25.8. The molecule has 1 aromatic carbocycles. The molecule has 2 amide bonds. The Balaban J connectivity index is 1.26. The van der Waals surface area contributed by atoms with Gasteiger partial charge in [0.1, 0.15) is 41.0 Å². The number of methoxy groups -OCH3 is 1. The second-order valence-electron chi connectivity index (χ2n) is 9.95. The maximum absolute atomic E-state index is 13.7. The minimum Gasteiger partial charge on any atom is -0.497 e. The molecule has 3 aromatic rings. The number of nitrogens with two attached hydrogens (primary N) is 2. The van der Waals surface area contributed by atoms with Crippen LogP contribution in [0.1, 0.15) is 5.56 Å². The highest BCUT2D eigenvalue weighted by Crippen LogP contribution is 2.41. The second kappa shape index (κ2) is 13.2. The number of hydrazine groups is 1. The molecule has 0 bridgehead atoms. The Bertz CT molecular complexity index is 1780. The number of hydrogen-bond acceptors (Lipinski definition) is 13. The quantitative estimate of drug-likeness (QED) is 0.0455. The normalized spacial score (nSPS) is 19.5. The van der Waals surface area contributed by atoms with Gasteiger partial charge >= 0.3 is 11.6 Å². The van der Waals surface area contributed by atoms with Crippen LogP contribution in [0.5, 0.6) is 5.75 Å². The molecule has 19 heteroatoms. The lowest BCUT2D eigenvalue weighted by Crippen LogP contribution is -2.71. The molecule has 6 rings (SSSR count). The minimum atomic E-state index is -1.28. The number of alkyl halides is 1. The molecule has 16 nitrogen and oxygen atoms in total. The van der Waals surface area contributed by atoms with Crippen LogP contribution in [0.25, 0.3) is 5.65 Å². The largest absolute Gasteiger partial charge is 0.497 e. The Morgan fingerprint density at radius 2 is 2.04 bits per heavy atom. The van der Waals surface area contributed by atoms with E-state index in [4.69, 9.17) is 20.9 Å². The smallest absolute Gasteiger partial charge is 0.355 e. The number of thioether (sulfide) groups is 1. The molecule has 0 spiro atoms. The molecule has 240 valence electrons. The summed E-state index contributed by atoms with van der Waals surface area (Å²) < 4.78 is 27.0. The minimum absolute atomic E-state index is 0.0482. The predicted molar refractivity (Wildman–Crippen MR) is 164 cm³/mol. The van der Waals surface area contributed by atoms with Gasteiger partial charge in [0.05, 0.1) is 31.8 Å². The van der Waals surface area contributed by atoms with E-state index in [2.05, 4.69) is 25.2 Å². The lowest BCUT2D eigenvalue weighted by molar-refractivity contribution is -0.666. The SMILES string of the molecule is COc1ccc(COC(=O)C2=C(C[n+]3ccc(N)n4nccc43)CS[C@H]3[C@H](NC(=O)C(=NOCF)N4C=C(N)SN4)C(=O)N23)cc1. The number of oxime groups is 1. The van der Waals surface area contributed by atoms with E-state index in [1.54, 1.807) is 60.4 Å². The summed E-state index contributed by atoms with van der Waals surface area (Å²) in [5, 5.41) is 11.2. The first-order chi connectivity index (χ1) is 22.3. The van der Waals surface area contributed by atoms with Crippen LogP contribution < -0.4 is 30.9 Å². The van der Waals surface area contributed by atoms with Crippen molar-refractivity contribution in [1.82, 2.24) is 29.7 Å². The Kier molecular flexibility index (Phi) is 8.86. The van der Waals surface area contributed by atoms with Gasteiger partial charge in [-0.15, -0.1) is 11.8 Å². The number of fused-ring (bicyclic) bond motifs is 2. The maximum Gasteiger partial charge on any atom is 0.355 e. The first-order valence-corrected chi connectivity index (χ1v) is 15.5. The molecule has 0 unspecified atom stereocenters. The molecule has 1 fully saturated rings. The van der Waals surface area contributed by atoms with E-state index >= 15 is 0 Å². The van der Waals surface area contributed by atoms with Crippen molar-refractivity contribution in [3.63, 3.8) is 0 Å². The highest BCUT2D eigenvalue weighted by atomic mass is 32.2. The van der Waals surface area contributed by atoms with Crippen LogP contribution in [0.2, 0.25) is 0 Å². The third-order valence-electron chi connectivity index (χ3n) is 7.15. The number of β-lactam (4-membered cyclic amide) rings is 1. The topological polar surface area (TPSA) is 195 Å². The van der Waals surface area contributed by atoms with Crippen LogP contribution in [-0.4, -0.2) is 74.3 Å². The van der Waals surface area contributed by atoms with Gasteiger partial charge in [0.15, 0.2) is 0 Å². The van der Waals surface area contributed by atoms with Gasteiger partial charge in [0, 0.05) is 17.4 Å². The van der Waals surface area contributed by atoms with Gasteiger partial charge in [-0.2, -0.15) is 4.83 Å². The number of amidine groups is 1. The molecule has 3 aliphatic heterocycles. The lowest BCUT2D eigenvalue weighted by Gasteiger charge is -2.49. The molecule has 1 saturated heterocycles. The van der Waals surface area contributed by atoms with Gasteiger partial charge in [0.2, 0.25) is 5.82 Å². The van der Waals surface area contributed by atoms with Crippen LogP contribution in [0, 0.1) is 0 Å². The first-order valence-electron chi connectivity index (χ1n) is 13.6. The van der Waals surface area contributed by atoms with Gasteiger partial charge < -0.3 is 31.1 Å². The third kappa shape index (κ3) is 5.98. The number of nitrogens with zero attached hydrogens (tertiary/aromatic N) is 6. The van der Waals surface area contributed by atoms with Crippen LogP contribution in [0.15, 0.2) is 76.4 Å². The van der Waals surface area contributed by atoms with E-state index in [0.29, 0.717) is 33.6 Å². The predicted octanol–water partition coefficient (Wildman–Crippen LogP) is 0.0931. The van der Waals surface area contributed by atoms with Crippen LogP contribution >= 0.6 is 23.7 Å². The monoisotopic (exact) mass is 671 g/mol. The van der Waals surface area contributed by atoms with Crippen molar-refractivity contribution < 1.29 is 37.7 Å². The molecular formula is C27H28FN10O6S2+. The number of halogens is 1. The summed E-state index contributed by atoms with van der Waals surface area (Å²) in [4.78, 5) is 49.0. The number of esters is 1. The molecule has 5 heterocycles. The van der Waals surface area contributed by atoms with Crippen molar-refractivity contribution in [3.05, 3.63) is 76.9 Å². The van der Waals surface area contributed by atoms with Gasteiger partial charge in [-0.05, 0) is 29.6 Å². The summed E-state index contributed by atoms with van der Waals surface area (Å²) in [6.45, 7) is -1.10. The number of nitrogens with one attached hydrogen (secondary N) is 2. The van der Waals surface area contributed by atoms with Gasteiger partial charge in [0.25, 0.3) is 24.5 Å². The van der Waals surface area contributed by atoms with Gasteiger partial charge in [-0.25, -0.2) is 18.8 Å². The lowest BCUT2D eigenvalue weighted by atomic mass is 10.0. The Morgan fingerprint density at radius 3 is 2.76 bits per heavy atom. The second-order valence-corrected chi connectivity index (χ2v) is 11.9. The number of nitrogen functional groups attached to an aromatic ring is 1. The molecule has 6 N–H and O–H groups in total. The number of anilines is 1. The number of hydrogen-bond donors (Lipinski definition) is 4. The summed E-state index contributed by atoms with van der Waals surface area (Å²) >= 11 is 2.36. The van der Waals surface area contributed by atoms with E-state index < -0.39 is 36.1 Å². The number of benzene rings is 1. The molecular weight excluding hydrogens is 643 g/mol. The molecule has 3 aliphatic rings. The maximum atomic E-state index is 13.7. The number of ether oxygens (including phenoxy) is 2. The summed E-state index contributed by atoms with van der Waals surface area (Å²) in [5.41, 5.74) is 13.9. The fraction of sp³-hybridized carbons (Fsp3) is 0.259. The molecule has 2 aromatic heterocycles. The molecule has 2 atom stereocenters. The molecule has 46 heavy (non-hydrogen) atoms. The summed E-state index contributed by atoms with van der Waals surface area (Å²) in [5.74, 6) is -1.03. The molecule has 0 saturated carbocycles. The summed E-state index contributed by atoms with van der Waals surface area (Å²) in [6.07, 6.45) is 4.73. The van der Waals surface area contributed by atoms with Gasteiger partial charge in [-0.1, -0.05) is 26.9 Å². The number of carbonyl (C=O) groups excluding carboxylic acids is 3. The van der Waals surface area contributed by atoms with Crippen LogP contribution in [0.4, 0.5) is 10.2 Å². The van der Waals surface area contributed by atoms with E-state index in [1.807, 2.05) is 4.57 Å². The molecule has 0 radical (unpaired) electrons. The number of aromatic nitrogens is 3. The zero-order chi connectivity index (χ0) is 32.4. The fourth-order valence-electron chi connectivity index (χ4n) is 4.97. The van der Waals surface area contributed by atoms with Crippen molar-refractivity contribution in [2.45, 2.75) is 24.6 Å². The first kappa shape index (κ1) is 31.0. The van der Waals surface area contributed by atoms with Crippen molar-refractivity contribution in [2.24, 2.45) is 10.9 Å². The fourth-order valence-corrected chi connectivity index (χ4v) is 6.81. The number of rotatable bonds is 9. The van der Waals surface area contributed by atoms with E-state index in [9.17, 15) is 18.8 Å². The van der Waals surface area contributed by atoms with Crippen molar-refractivity contribution >= 4 is 58.8 Å². The Morgan fingerprint density at radius 1 is 1.24 bits per heavy atom. The van der Waals surface area contributed by atoms with Crippen LogP contribution in [0.3, 0.4) is 0 Å². The van der Waals surface area contributed by atoms with E-state index in [0.717, 1.165) is 22.5 Å². The summed E-state index contributed by atoms with van der Waals surface area (Å²) in [7, 11) is 1.55. The zero-order valence-electron chi connectivity index (χ0n) is 24.2. The standard InChI is InChI=1S/C27H27FN10O6S2/c1-42-17-4-2-15(3-5-17)12-43-27(41)22-16(10-35-9-7-18(29)38-20(35)6-8-31-38)13-45-26-21(25(40)37(22)26)32-24(39)23(33-44-14-28)36-11-19(30)46-34-36/h2-9,11,21,26,29,34H,10,12-14,30H2,1H3,(H,32,39)/p+1/t21-,26+/m1/s1. The van der Waals surface area contributed by atoms with Crippen LogP contribution in [-0.2, 0) is 37.1 Å². The van der Waals surface area contributed by atoms with Crippen molar-refractivity contribution in [1.29, 1.82) is 0 Å².